The Morgan fingerprint density at radius 2 is 2.00 bits per heavy atom. The molecule has 0 spiro atoms. The van der Waals surface area contributed by atoms with E-state index in [0.29, 0.717) is 28.5 Å². The van der Waals surface area contributed by atoms with Gasteiger partial charge in [-0.05, 0) is 81.9 Å². The first-order valence-electron chi connectivity index (χ1n) is 10.6. The van der Waals surface area contributed by atoms with Gasteiger partial charge in [0.05, 0.1) is 18.3 Å². The van der Waals surface area contributed by atoms with E-state index < -0.39 is 0 Å². The van der Waals surface area contributed by atoms with Crippen LogP contribution in [0.4, 0.5) is 5.00 Å². The van der Waals surface area contributed by atoms with Crippen molar-refractivity contribution in [1.82, 2.24) is 5.32 Å². The Balaban J connectivity index is 1.72. The molecule has 3 rings (SSSR count). The van der Waals surface area contributed by atoms with Crippen LogP contribution in [-0.2, 0) is 17.6 Å². The normalized spacial score (nSPS) is 13.6. The molecule has 1 heterocycles. The smallest absolute Gasteiger partial charge is 0.341 e. The number of thiocarbonyl (C=S) groups is 1. The van der Waals surface area contributed by atoms with Gasteiger partial charge >= 0.3 is 5.97 Å². The summed E-state index contributed by atoms with van der Waals surface area (Å²) in [5, 5.41) is 6.52. The fraction of sp³-hybridized carbons (Fsp3) is 0.435. The molecule has 8 heteroatoms. The Morgan fingerprint density at radius 3 is 2.74 bits per heavy atom. The van der Waals surface area contributed by atoms with E-state index in [1.807, 2.05) is 19.9 Å². The van der Waals surface area contributed by atoms with Gasteiger partial charge in [0.2, 0.25) is 0 Å². The summed E-state index contributed by atoms with van der Waals surface area (Å²) >= 11 is 6.87. The van der Waals surface area contributed by atoms with Crippen LogP contribution < -0.4 is 15.4 Å². The fourth-order valence-corrected chi connectivity index (χ4v) is 4.95. The molecule has 1 atom stereocenters. The van der Waals surface area contributed by atoms with Crippen LogP contribution >= 0.6 is 23.6 Å². The van der Waals surface area contributed by atoms with Crippen molar-refractivity contribution in [2.45, 2.75) is 59.0 Å². The molecule has 1 aromatic heterocycles. The lowest BCUT2D eigenvalue weighted by Gasteiger charge is -2.14. The van der Waals surface area contributed by atoms with E-state index in [1.54, 1.807) is 25.1 Å². The van der Waals surface area contributed by atoms with Gasteiger partial charge < -0.3 is 14.8 Å². The first kappa shape index (κ1) is 23.2. The number of benzene rings is 1. The summed E-state index contributed by atoms with van der Waals surface area (Å²) in [5.74, 6) is -0.0593. The third-order valence-electron chi connectivity index (χ3n) is 5.11. The zero-order valence-corrected chi connectivity index (χ0v) is 19.7. The Morgan fingerprint density at radius 1 is 1.23 bits per heavy atom. The molecule has 1 unspecified atom stereocenters. The van der Waals surface area contributed by atoms with Crippen LogP contribution in [0.1, 0.15) is 71.2 Å². The Kier molecular flexibility index (Phi) is 8.03. The molecule has 1 aliphatic carbocycles. The molecule has 31 heavy (non-hydrogen) atoms. The molecule has 0 saturated heterocycles. The van der Waals surface area contributed by atoms with Crippen molar-refractivity contribution in [2.24, 2.45) is 0 Å². The maximum Gasteiger partial charge on any atom is 0.341 e. The van der Waals surface area contributed by atoms with Crippen LogP contribution in [0.15, 0.2) is 24.3 Å². The van der Waals surface area contributed by atoms with E-state index in [-0.39, 0.29) is 23.1 Å². The maximum atomic E-state index is 12.7. The number of rotatable bonds is 7. The number of carbonyl (C=O) groups excluding carboxylic acids is 2. The van der Waals surface area contributed by atoms with Gasteiger partial charge in [0.25, 0.3) is 5.91 Å². The van der Waals surface area contributed by atoms with Crippen LogP contribution in [-0.4, -0.2) is 29.7 Å². The van der Waals surface area contributed by atoms with E-state index in [2.05, 4.69) is 10.6 Å². The van der Waals surface area contributed by atoms with Crippen LogP contribution in [0, 0.1) is 0 Å². The lowest BCUT2D eigenvalue weighted by Crippen LogP contribution is -2.34. The number of amides is 1. The Hall–Kier alpha value is -2.45. The number of anilines is 1. The zero-order valence-electron chi connectivity index (χ0n) is 18.1. The van der Waals surface area contributed by atoms with E-state index >= 15 is 0 Å². The van der Waals surface area contributed by atoms with Gasteiger partial charge in [-0.1, -0.05) is 13.0 Å². The van der Waals surface area contributed by atoms with Gasteiger partial charge in [-0.25, -0.2) is 4.79 Å². The van der Waals surface area contributed by atoms with Gasteiger partial charge in [-0.15, -0.1) is 11.3 Å². The molecule has 0 saturated carbocycles. The minimum atomic E-state index is -0.353. The molecular formula is C23H28N2O4S2. The van der Waals surface area contributed by atoms with Crippen molar-refractivity contribution < 1.29 is 19.1 Å². The van der Waals surface area contributed by atoms with E-state index in [0.717, 1.165) is 37.7 Å². The lowest BCUT2D eigenvalue weighted by molar-refractivity contribution is 0.0526. The molecule has 166 valence electrons. The quantitative estimate of drug-likeness (QED) is 0.442. The van der Waals surface area contributed by atoms with Gasteiger partial charge in [0.15, 0.2) is 5.11 Å². The topological polar surface area (TPSA) is 76.7 Å². The lowest BCUT2D eigenvalue weighted by atomic mass is 9.95. The standard InChI is InChI=1S/C23H28N2O4S2/c1-4-14(3)29-16-10-8-9-15(13-16)20(26)24-23(30)25-21-19(22(27)28-5-2)17-11-6-7-12-18(17)31-21/h8-10,13-14H,4-7,11-12H2,1-3H3,(H2,24,25,26,30). The van der Waals surface area contributed by atoms with Crippen LogP contribution in [0.5, 0.6) is 5.75 Å². The summed E-state index contributed by atoms with van der Waals surface area (Å²) in [5.41, 5.74) is 2.03. The van der Waals surface area contributed by atoms with Crippen molar-refractivity contribution in [3.63, 3.8) is 0 Å². The van der Waals surface area contributed by atoms with Crippen LogP contribution in [0.3, 0.4) is 0 Å². The Labute approximate surface area is 192 Å². The number of esters is 1. The highest BCUT2D eigenvalue weighted by atomic mass is 32.1. The minimum absolute atomic E-state index is 0.0622. The highest BCUT2D eigenvalue weighted by Gasteiger charge is 2.27. The summed E-state index contributed by atoms with van der Waals surface area (Å²) in [7, 11) is 0. The molecule has 2 aromatic rings. The van der Waals surface area contributed by atoms with Gasteiger partial charge in [-0.2, -0.15) is 0 Å². The third-order valence-corrected chi connectivity index (χ3v) is 6.52. The summed E-state index contributed by atoms with van der Waals surface area (Å²) in [6.07, 6.45) is 4.88. The number of hydrogen-bond acceptors (Lipinski definition) is 6. The number of fused-ring (bicyclic) bond motifs is 1. The van der Waals surface area contributed by atoms with Gasteiger partial charge in [0.1, 0.15) is 10.8 Å². The van der Waals surface area contributed by atoms with Crippen molar-refractivity contribution in [3.8, 4) is 5.75 Å². The zero-order chi connectivity index (χ0) is 22.4. The molecule has 0 aliphatic heterocycles. The second-order valence-corrected chi connectivity index (χ2v) is 8.92. The monoisotopic (exact) mass is 460 g/mol. The van der Waals surface area contributed by atoms with Crippen molar-refractivity contribution in [1.29, 1.82) is 0 Å². The number of carbonyl (C=O) groups is 2. The van der Waals surface area contributed by atoms with Crippen molar-refractivity contribution >= 4 is 45.5 Å². The molecule has 6 nitrogen and oxygen atoms in total. The first-order valence-corrected chi connectivity index (χ1v) is 11.9. The minimum Gasteiger partial charge on any atom is -0.491 e. The predicted octanol–water partition coefficient (Wildman–Crippen LogP) is 5.11. The summed E-state index contributed by atoms with van der Waals surface area (Å²) in [4.78, 5) is 26.4. The average Bonchev–Trinajstić information content (AvgIpc) is 3.11. The number of hydrogen-bond donors (Lipinski definition) is 2. The van der Waals surface area contributed by atoms with E-state index in [9.17, 15) is 9.59 Å². The molecule has 1 amide bonds. The molecular weight excluding hydrogens is 432 g/mol. The highest BCUT2D eigenvalue weighted by Crippen LogP contribution is 2.38. The van der Waals surface area contributed by atoms with Gasteiger partial charge in [0, 0.05) is 10.4 Å². The summed E-state index contributed by atoms with van der Waals surface area (Å²) in [6.45, 7) is 6.11. The second-order valence-electron chi connectivity index (χ2n) is 7.41. The molecule has 1 aromatic carbocycles. The molecule has 2 N–H and O–H groups in total. The van der Waals surface area contributed by atoms with Crippen LogP contribution in [0.25, 0.3) is 0 Å². The van der Waals surface area contributed by atoms with Crippen molar-refractivity contribution in [2.75, 3.05) is 11.9 Å². The molecule has 0 radical (unpaired) electrons. The molecule has 0 bridgehead atoms. The highest BCUT2D eigenvalue weighted by molar-refractivity contribution is 7.80. The number of ether oxygens (including phenoxy) is 2. The van der Waals surface area contributed by atoms with E-state index in [1.165, 1.54) is 16.2 Å². The maximum absolute atomic E-state index is 12.7. The largest absolute Gasteiger partial charge is 0.491 e. The number of thiophene rings is 1. The van der Waals surface area contributed by atoms with Crippen LogP contribution in [0.2, 0.25) is 0 Å². The third kappa shape index (κ3) is 5.83. The predicted molar refractivity (Wildman–Crippen MR) is 127 cm³/mol. The number of aryl methyl sites for hydroxylation is 1. The van der Waals surface area contributed by atoms with Crippen molar-refractivity contribution in [3.05, 3.63) is 45.8 Å². The first-order chi connectivity index (χ1) is 14.9. The number of nitrogens with one attached hydrogen (secondary N) is 2. The molecule has 1 aliphatic rings. The second kappa shape index (κ2) is 10.7. The fourth-order valence-electron chi connectivity index (χ4n) is 3.41. The summed E-state index contributed by atoms with van der Waals surface area (Å²) in [6, 6.07) is 6.99. The average molecular weight is 461 g/mol. The SMILES string of the molecule is CCOC(=O)c1c(NC(=S)NC(=O)c2cccc(OC(C)CC)c2)sc2c1CCCC2. The molecule has 0 fully saturated rings. The Bertz CT molecular complexity index is 970. The van der Waals surface area contributed by atoms with Gasteiger partial charge in [-0.3, -0.25) is 10.1 Å². The van der Waals surface area contributed by atoms with E-state index in [4.69, 9.17) is 21.7 Å². The summed E-state index contributed by atoms with van der Waals surface area (Å²) < 4.78 is 11.1.